The Labute approximate surface area is 107 Å². The van der Waals surface area contributed by atoms with Crippen molar-refractivity contribution in [1.29, 1.82) is 0 Å². The Bertz CT molecular complexity index is 414. The van der Waals surface area contributed by atoms with Gasteiger partial charge in [-0.3, -0.25) is 10.1 Å². The van der Waals surface area contributed by atoms with Crippen LogP contribution in [0.3, 0.4) is 0 Å². The lowest BCUT2D eigenvalue weighted by Gasteiger charge is -2.26. The summed E-state index contributed by atoms with van der Waals surface area (Å²) in [6.45, 7) is 5.71. The number of carbonyl (C=O) groups is 1. The number of methoxy groups -OCH3 is 1. The molecule has 98 valence electrons. The minimum atomic E-state index is -0.997. The van der Waals surface area contributed by atoms with Crippen LogP contribution in [-0.4, -0.2) is 30.3 Å². The summed E-state index contributed by atoms with van der Waals surface area (Å²) in [5, 5.41) is 12.3. The Morgan fingerprint density at radius 2 is 2.11 bits per heavy atom. The Balaban J connectivity index is 2.81. The number of carboxylic acids is 1. The first kappa shape index (κ1) is 14.3. The van der Waals surface area contributed by atoms with Crippen molar-refractivity contribution in [3.05, 3.63) is 42.5 Å². The van der Waals surface area contributed by atoms with Crippen molar-refractivity contribution in [3.8, 4) is 5.75 Å². The first-order valence-corrected chi connectivity index (χ1v) is 5.74. The van der Waals surface area contributed by atoms with Crippen LogP contribution in [0.15, 0.2) is 36.9 Å². The molecule has 2 N–H and O–H groups in total. The van der Waals surface area contributed by atoms with E-state index in [0.29, 0.717) is 13.0 Å². The van der Waals surface area contributed by atoms with Crippen LogP contribution in [0.25, 0.3) is 0 Å². The maximum Gasteiger partial charge on any atom is 0.323 e. The molecule has 0 bridgehead atoms. The molecule has 0 spiro atoms. The van der Waals surface area contributed by atoms with E-state index in [1.54, 1.807) is 20.1 Å². The van der Waals surface area contributed by atoms with E-state index in [-0.39, 0.29) is 0 Å². The molecule has 1 aromatic rings. The van der Waals surface area contributed by atoms with Gasteiger partial charge in [0.2, 0.25) is 0 Å². The smallest absolute Gasteiger partial charge is 0.323 e. The largest absolute Gasteiger partial charge is 0.497 e. The molecule has 0 heterocycles. The lowest BCUT2D eigenvalue weighted by molar-refractivity contribution is -0.144. The maximum atomic E-state index is 11.3. The molecule has 0 saturated carbocycles. The fourth-order valence-electron chi connectivity index (χ4n) is 1.66. The monoisotopic (exact) mass is 249 g/mol. The maximum absolute atomic E-state index is 11.3. The summed E-state index contributed by atoms with van der Waals surface area (Å²) >= 11 is 0. The summed E-state index contributed by atoms with van der Waals surface area (Å²) in [7, 11) is 1.60. The van der Waals surface area contributed by atoms with E-state index in [1.807, 2.05) is 24.3 Å². The van der Waals surface area contributed by atoms with E-state index >= 15 is 0 Å². The first-order valence-electron chi connectivity index (χ1n) is 5.74. The third kappa shape index (κ3) is 3.60. The van der Waals surface area contributed by atoms with E-state index in [1.165, 1.54) is 0 Å². The van der Waals surface area contributed by atoms with Gasteiger partial charge in [-0.05, 0) is 24.6 Å². The van der Waals surface area contributed by atoms with Gasteiger partial charge in [-0.2, -0.15) is 0 Å². The number of hydrogen-bond acceptors (Lipinski definition) is 3. The highest BCUT2D eigenvalue weighted by atomic mass is 16.5. The minimum Gasteiger partial charge on any atom is -0.497 e. The molecule has 4 heteroatoms. The van der Waals surface area contributed by atoms with Gasteiger partial charge in [0.15, 0.2) is 0 Å². The molecule has 0 saturated heterocycles. The second kappa shape index (κ2) is 6.21. The van der Waals surface area contributed by atoms with Gasteiger partial charge in [-0.25, -0.2) is 0 Å². The molecule has 1 unspecified atom stereocenters. The lowest BCUT2D eigenvalue weighted by Crippen LogP contribution is -2.51. The van der Waals surface area contributed by atoms with E-state index in [2.05, 4.69) is 11.9 Å². The zero-order valence-corrected chi connectivity index (χ0v) is 10.8. The van der Waals surface area contributed by atoms with Crippen molar-refractivity contribution in [3.63, 3.8) is 0 Å². The van der Waals surface area contributed by atoms with Crippen molar-refractivity contribution in [2.75, 3.05) is 13.7 Å². The van der Waals surface area contributed by atoms with Crippen LogP contribution >= 0.6 is 0 Å². The van der Waals surface area contributed by atoms with E-state index in [4.69, 9.17) is 4.74 Å². The van der Waals surface area contributed by atoms with Gasteiger partial charge >= 0.3 is 5.97 Å². The minimum absolute atomic E-state index is 0.403. The molecule has 0 fully saturated rings. The lowest BCUT2D eigenvalue weighted by atomic mass is 9.93. The van der Waals surface area contributed by atoms with Gasteiger partial charge in [-0.1, -0.05) is 18.2 Å². The molecule has 4 nitrogen and oxygen atoms in total. The van der Waals surface area contributed by atoms with Crippen LogP contribution in [0.4, 0.5) is 0 Å². The van der Waals surface area contributed by atoms with Gasteiger partial charge in [0, 0.05) is 13.0 Å². The summed E-state index contributed by atoms with van der Waals surface area (Å²) in [6.07, 6.45) is 2.05. The number of hydrogen-bond donors (Lipinski definition) is 2. The highest BCUT2D eigenvalue weighted by molar-refractivity contribution is 5.78. The van der Waals surface area contributed by atoms with E-state index in [0.717, 1.165) is 11.3 Å². The molecule has 18 heavy (non-hydrogen) atoms. The van der Waals surface area contributed by atoms with Crippen molar-refractivity contribution in [2.24, 2.45) is 0 Å². The number of benzene rings is 1. The molecule has 0 radical (unpaired) electrons. The van der Waals surface area contributed by atoms with Crippen LogP contribution in [0.2, 0.25) is 0 Å². The number of carboxylic acid groups (broad SMARTS) is 1. The van der Waals surface area contributed by atoms with Gasteiger partial charge < -0.3 is 9.84 Å². The normalized spacial score (nSPS) is 13.7. The zero-order valence-electron chi connectivity index (χ0n) is 10.8. The summed E-state index contributed by atoms with van der Waals surface area (Å²) < 4.78 is 5.07. The van der Waals surface area contributed by atoms with Gasteiger partial charge in [0.25, 0.3) is 0 Å². The van der Waals surface area contributed by atoms with Crippen molar-refractivity contribution < 1.29 is 14.6 Å². The number of ether oxygens (including phenoxy) is 1. The van der Waals surface area contributed by atoms with Crippen LogP contribution in [0.1, 0.15) is 12.5 Å². The number of aliphatic carboxylic acids is 1. The van der Waals surface area contributed by atoms with Crippen LogP contribution < -0.4 is 10.1 Å². The molecule has 0 aliphatic rings. The Hall–Kier alpha value is -1.81. The van der Waals surface area contributed by atoms with Gasteiger partial charge in [0.05, 0.1) is 7.11 Å². The van der Waals surface area contributed by atoms with Gasteiger partial charge in [0.1, 0.15) is 11.3 Å². The molecule has 0 amide bonds. The molecular formula is C14H19NO3. The quantitative estimate of drug-likeness (QED) is 0.724. The fourth-order valence-corrected chi connectivity index (χ4v) is 1.66. The highest BCUT2D eigenvalue weighted by Crippen LogP contribution is 2.17. The molecule has 1 atom stereocenters. The Morgan fingerprint density at radius 1 is 1.50 bits per heavy atom. The highest BCUT2D eigenvalue weighted by Gasteiger charge is 2.32. The van der Waals surface area contributed by atoms with Crippen LogP contribution in [-0.2, 0) is 11.2 Å². The number of rotatable bonds is 7. The summed E-state index contributed by atoms with van der Waals surface area (Å²) in [4.78, 5) is 11.3. The molecule has 0 aliphatic heterocycles. The summed E-state index contributed by atoms with van der Waals surface area (Å²) in [5.41, 5.74) is -0.0553. The standard InChI is InChI=1S/C14H19NO3/c1-4-9-15-14(2,13(16)17)10-11-5-7-12(18-3)8-6-11/h4-8,15H,1,9-10H2,2-3H3,(H,16,17). The predicted molar refractivity (Wildman–Crippen MR) is 70.9 cm³/mol. The molecule has 1 aromatic carbocycles. The average molecular weight is 249 g/mol. The fraction of sp³-hybridized carbons (Fsp3) is 0.357. The van der Waals surface area contributed by atoms with E-state index < -0.39 is 11.5 Å². The third-order valence-electron chi connectivity index (χ3n) is 2.83. The molecule has 1 rings (SSSR count). The van der Waals surface area contributed by atoms with E-state index in [9.17, 15) is 9.90 Å². The third-order valence-corrected chi connectivity index (χ3v) is 2.83. The number of nitrogens with one attached hydrogen (secondary N) is 1. The topological polar surface area (TPSA) is 58.6 Å². The SMILES string of the molecule is C=CCNC(C)(Cc1ccc(OC)cc1)C(=O)O. The molecular weight excluding hydrogens is 230 g/mol. The van der Waals surface area contributed by atoms with Crippen LogP contribution in [0.5, 0.6) is 5.75 Å². The predicted octanol–water partition coefficient (Wildman–Crippen LogP) is 1.86. The van der Waals surface area contributed by atoms with Gasteiger partial charge in [-0.15, -0.1) is 6.58 Å². The Morgan fingerprint density at radius 3 is 2.56 bits per heavy atom. The van der Waals surface area contributed by atoms with Crippen LogP contribution in [0, 0.1) is 0 Å². The zero-order chi connectivity index (χ0) is 13.6. The van der Waals surface area contributed by atoms with Crippen molar-refractivity contribution in [1.82, 2.24) is 5.32 Å². The van der Waals surface area contributed by atoms with Crippen molar-refractivity contribution in [2.45, 2.75) is 18.9 Å². The van der Waals surface area contributed by atoms with Crippen molar-refractivity contribution >= 4 is 5.97 Å². The second-order valence-corrected chi connectivity index (χ2v) is 4.33. The summed E-state index contributed by atoms with van der Waals surface area (Å²) in [5.74, 6) is -0.116. The average Bonchev–Trinajstić information content (AvgIpc) is 2.37. The second-order valence-electron chi connectivity index (χ2n) is 4.33. The first-order chi connectivity index (χ1) is 8.51. The Kier molecular flexibility index (Phi) is 4.92. The summed E-state index contributed by atoms with van der Waals surface area (Å²) in [6, 6.07) is 7.39. The molecule has 0 aliphatic carbocycles. The molecule has 0 aromatic heterocycles.